The van der Waals surface area contributed by atoms with Crippen molar-refractivity contribution in [2.45, 2.75) is 45.4 Å². The molecule has 3 nitrogen and oxygen atoms in total. The average molecular weight is 254 g/mol. The zero-order valence-corrected chi connectivity index (χ0v) is 11.3. The van der Waals surface area contributed by atoms with E-state index in [0.717, 1.165) is 4.88 Å². The van der Waals surface area contributed by atoms with Crippen LogP contribution in [0.2, 0.25) is 0 Å². The van der Waals surface area contributed by atoms with E-state index in [9.17, 15) is 9.59 Å². The molecule has 94 valence electrons. The van der Waals surface area contributed by atoms with Gasteiger partial charge in [-0.3, -0.25) is 9.59 Å². The van der Waals surface area contributed by atoms with E-state index >= 15 is 0 Å². The minimum atomic E-state index is -0.848. The molecule has 0 saturated heterocycles. The molecule has 0 bridgehead atoms. The zero-order chi connectivity index (χ0) is 13.1. The second-order valence-corrected chi connectivity index (χ2v) is 6.17. The molecular formula is C13H18O3S. The van der Waals surface area contributed by atoms with Crippen LogP contribution in [-0.2, 0) is 10.2 Å². The molecule has 0 atom stereocenters. The predicted molar refractivity (Wildman–Crippen MR) is 68.8 cm³/mol. The van der Waals surface area contributed by atoms with Crippen molar-refractivity contribution in [3.8, 4) is 0 Å². The van der Waals surface area contributed by atoms with E-state index in [4.69, 9.17) is 5.11 Å². The van der Waals surface area contributed by atoms with E-state index in [1.165, 1.54) is 16.2 Å². The van der Waals surface area contributed by atoms with Gasteiger partial charge < -0.3 is 5.11 Å². The zero-order valence-electron chi connectivity index (χ0n) is 10.4. The van der Waals surface area contributed by atoms with Crippen molar-refractivity contribution in [1.82, 2.24) is 0 Å². The van der Waals surface area contributed by atoms with Crippen molar-refractivity contribution in [1.29, 1.82) is 0 Å². The molecule has 0 aromatic carbocycles. The SMILES string of the molecule is CC(C)(C)c1ccc(C(=O)CCCC(=O)O)s1. The van der Waals surface area contributed by atoms with Crippen LogP contribution in [-0.4, -0.2) is 16.9 Å². The molecule has 0 aliphatic rings. The van der Waals surface area contributed by atoms with Gasteiger partial charge in [0, 0.05) is 17.7 Å². The third-order valence-electron chi connectivity index (χ3n) is 2.41. The van der Waals surface area contributed by atoms with Crippen molar-refractivity contribution in [3.63, 3.8) is 0 Å². The van der Waals surface area contributed by atoms with Crippen molar-refractivity contribution in [2.24, 2.45) is 0 Å². The molecule has 0 aliphatic carbocycles. The maximum Gasteiger partial charge on any atom is 0.303 e. The lowest BCUT2D eigenvalue weighted by molar-refractivity contribution is -0.137. The van der Waals surface area contributed by atoms with Gasteiger partial charge in [0.25, 0.3) is 0 Å². The first-order chi connectivity index (χ1) is 7.80. The molecule has 0 amide bonds. The molecule has 1 aromatic rings. The second kappa shape index (κ2) is 5.45. The summed E-state index contributed by atoms with van der Waals surface area (Å²) < 4.78 is 0. The van der Waals surface area contributed by atoms with Crippen LogP contribution in [0.1, 0.15) is 54.6 Å². The summed E-state index contributed by atoms with van der Waals surface area (Å²) >= 11 is 1.51. The molecule has 0 saturated carbocycles. The maximum absolute atomic E-state index is 11.8. The van der Waals surface area contributed by atoms with Gasteiger partial charge in [0.15, 0.2) is 5.78 Å². The Hall–Kier alpha value is -1.16. The monoisotopic (exact) mass is 254 g/mol. The number of carboxylic acids is 1. The number of carboxylic acid groups (broad SMARTS) is 1. The Bertz CT molecular complexity index is 413. The number of ketones is 1. The van der Waals surface area contributed by atoms with E-state index in [2.05, 4.69) is 20.8 Å². The van der Waals surface area contributed by atoms with E-state index in [-0.39, 0.29) is 17.6 Å². The van der Waals surface area contributed by atoms with Crippen LogP contribution >= 0.6 is 11.3 Å². The number of hydrogen-bond donors (Lipinski definition) is 1. The van der Waals surface area contributed by atoms with Crippen LogP contribution in [0.4, 0.5) is 0 Å². The first kappa shape index (κ1) is 13.9. The van der Waals surface area contributed by atoms with Gasteiger partial charge in [0.05, 0.1) is 4.88 Å². The van der Waals surface area contributed by atoms with Crippen molar-refractivity contribution < 1.29 is 14.7 Å². The fourth-order valence-electron chi connectivity index (χ4n) is 1.41. The van der Waals surface area contributed by atoms with Crippen LogP contribution in [0.15, 0.2) is 12.1 Å². The van der Waals surface area contributed by atoms with Gasteiger partial charge in [-0.2, -0.15) is 0 Å². The van der Waals surface area contributed by atoms with E-state index in [1.54, 1.807) is 0 Å². The average Bonchev–Trinajstić information content (AvgIpc) is 2.64. The Morgan fingerprint density at radius 3 is 2.35 bits per heavy atom. The molecule has 1 N–H and O–H groups in total. The number of rotatable bonds is 5. The van der Waals surface area contributed by atoms with Gasteiger partial charge in [0.2, 0.25) is 0 Å². The summed E-state index contributed by atoms with van der Waals surface area (Å²) in [5.41, 5.74) is 0.0598. The second-order valence-electron chi connectivity index (χ2n) is 5.08. The van der Waals surface area contributed by atoms with Crippen LogP contribution in [0.3, 0.4) is 0 Å². The first-order valence-electron chi connectivity index (χ1n) is 5.66. The summed E-state index contributed by atoms with van der Waals surface area (Å²) in [5, 5.41) is 8.50. The molecule has 0 radical (unpaired) electrons. The minimum absolute atomic E-state index is 0.0479. The topological polar surface area (TPSA) is 54.4 Å². The summed E-state index contributed by atoms with van der Waals surface area (Å²) in [6.45, 7) is 6.33. The van der Waals surface area contributed by atoms with E-state index < -0.39 is 5.97 Å². The number of thiophene rings is 1. The number of carbonyl (C=O) groups is 2. The molecule has 17 heavy (non-hydrogen) atoms. The molecule has 1 rings (SSSR count). The van der Waals surface area contributed by atoms with Crippen LogP contribution < -0.4 is 0 Å². The number of Topliss-reactive ketones (excluding diaryl/α,β-unsaturated/α-hetero) is 1. The van der Waals surface area contributed by atoms with Crippen molar-refractivity contribution in [2.75, 3.05) is 0 Å². The van der Waals surface area contributed by atoms with Gasteiger partial charge in [-0.1, -0.05) is 20.8 Å². The quantitative estimate of drug-likeness (QED) is 0.818. The van der Waals surface area contributed by atoms with Crippen LogP contribution in [0.5, 0.6) is 0 Å². The molecule has 0 unspecified atom stereocenters. The number of aliphatic carboxylic acids is 1. The summed E-state index contributed by atoms with van der Waals surface area (Å²) in [5.74, 6) is -0.800. The van der Waals surface area contributed by atoms with Crippen LogP contribution in [0.25, 0.3) is 0 Å². The smallest absolute Gasteiger partial charge is 0.303 e. The normalized spacial score (nSPS) is 11.5. The third-order valence-corrected chi connectivity index (χ3v) is 3.97. The highest BCUT2D eigenvalue weighted by Crippen LogP contribution is 2.30. The Labute approximate surface area is 105 Å². The Morgan fingerprint density at radius 1 is 1.24 bits per heavy atom. The summed E-state index contributed by atoms with van der Waals surface area (Å²) in [7, 11) is 0. The summed E-state index contributed by atoms with van der Waals surface area (Å²) in [6.07, 6.45) is 0.788. The van der Waals surface area contributed by atoms with Gasteiger partial charge in [-0.05, 0) is 24.0 Å². The molecule has 0 fully saturated rings. The molecular weight excluding hydrogens is 236 g/mol. The van der Waals surface area contributed by atoms with E-state index in [0.29, 0.717) is 12.8 Å². The predicted octanol–water partition coefficient (Wildman–Crippen LogP) is 3.48. The van der Waals surface area contributed by atoms with Gasteiger partial charge in [-0.25, -0.2) is 0 Å². The standard InChI is InChI=1S/C13H18O3S/c1-13(2,3)11-8-7-10(17-11)9(14)5-4-6-12(15)16/h7-8H,4-6H2,1-3H3,(H,15,16). The molecule has 0 spiro atoms. The van der Waals surface area contributed by atoms with Gasteiger partial charge >= 0.3 is 5.97 Å². The fraction of sp³-hybridized carbons (Fsp3) is 0.538. The molecule has 0 aliphatic heterocycles. The van der Waals surface area contributed by atoms with Crippen LogP contribution in [0, 0.1) is 0 Å². The lowest BCUT2D eigenvalue weighted by atomic mass is 9.95. The lowest BCUT2D eigenvalue weighted by Gasteiger charge is -2.15. The van der Waals surface area contributed by atoms with Gasteiger partial charge in [-0.15, -0.1) is 11.3 Å². The molecule has 1 aromatic heterocycles. The van der Waals surface area contributed by atoms with Crippen molar-refractivity contribution >= 4 is 23.1 Å². The Balaban J connectivity index is 2.58. The van der Waals surface area contributed by atoms with E-state index in [1.807, 2.05) is 12.1 Å². The Morgan fingerprint density at radius 2 is 1.88 bits per heavy atom. The van der Waals surface area contributed by atoms with Crippen molar-refractivity contribution in [3.05, 3.63) is 21.9 Å². The highest BCUT2D eigenvalue weighted by Gasteiger charge is 2.18. The first-order valence-corrected chi connectivity index (χ1v) is 6.47. The lowest BCUT2D eigenvalue weighted by Crippen LogP contribution is -2.07. The molecule has 4 heteroatoms. The van der Waals surface area contributed by atoms with Gasteiger partial charge in [0.1, 0.15) is 0 Å². The maximum atomic E-state index is 11.8. The minimum Gasteiger partial charge on any atom is -0.481 e. The number of hydrogen-bond acceptors (Lipinski definition) is 3. The largest absolute Gasteiger partial charge is 0.481 e. The molecule has 1 heterocycles. The Kier molecular flexibility index (Phi) is 4.46. The highest BCUT2D eigenvalue weighted by atomic mass is 32.1. The fourth-order valence-corrected chi connectivity index (χ4v) is 2.45. The third kappa shape index (κ3) is 4.30. The summed E-state index contributed by atoms with van der Waals surface area (Å²) in [4.78, 5) is 24.0. The number of carbonyl (C=O) groups excluding carboxylic acids is 1. The highest BCUT2D eigenvalue weighted by molar-refractivity contribution is 7.14. The summed E-state index contributed by atoms with van der Waals surface area (Å²) in [6, 6.07) is 3.82.